The molecule has 7 nitrogen and oxygen atoms in total. The molecule has 2 rings (SSSR count). The number of carbonyl (C=O) groups excluding carboxylic acids is 3. The van der Waals surface area contributed by atoms with Gasteiger partial charge in [0, 0.05) is 11.9 Å². The van der Waals surface area contributed by atoms with Crippen LogP contribution < -0.4 is 10.6 Å². The number of benzene rings is 1. The largest absolute Gasteiger partial charge is 0.466 e. The summed E-state index contributed by atoms with van der Waals surface area (Å²) >= 11 is 2.58. The summed E-state index contributed by atoms with van der Waals surface area (Å²) in [5.41, 5.74) is 1.55. The summed E-state index contributed by atoms with van der Waals surface area (Å²) in [7, 11) is 0. The lowest BCUT2D eigenvalue weighted by atomic mass is 10.2. The molecule has 1 aromatic heterocycles. The van der Waals surface area contributed by atoms with Gasteiger partial charge in [-0.3, -0.25) is 14.9 Å². The van der Waals surface area contributed by atoms with Crippen LogP contribution in [0, 0.1) is 0 Å². The zero-order valence-electron chi connectivity index (χ0n) is 15.1. The normalized spacial score (nSPS) is 11.5. The molecule has 9 heteroatoms. The second kappa shape index (κ2) is 10.7. The number of thioether (sulfide) groups is 1. The average molecular weight is 408 g/mol. The van der Waals surface area contributed by atoms with E-state index in [1.165, 1.54) is 23.1 Å². The Morgan fingerprint density at radius 1 is 1.26 bits per heavy atom. The molecule has 0 fully saturated rings. The van der Waals surface area contributed by atoms with E-state index in [-0.39, 0.29) is 12.4 Å². The molecular formula is C18H21N3O4S2. The SMILES string of the molecule is CCOC(=O)Cc1csc(S[C@H](C)C(=O)NC(=O)NCc2ccccc2)n1. The van der Waals surface area contributed by atoms with Crippen molar-refractivity contribution in [3.8, 4) is 0 Å². The minimum Gasteiger partial charge on any atom is -0.466 e. The van der Waals surface area contributed by atoms with Gasteiger partial charge < -0.3 is 10.1 Å². The van der Waals surface area contributed by atoms with Crippen molar-refractivity contribution >= 4 is 41.0 Å². The van der Waals surface area contributed by atoms with Gasteiger partial charge in [-0.25, -0.2) is 9.78 Å². The van der Waals surface area contributed by atoms with Crippen LogP contribution >= 0.6 is 23.1 Å². The minimum absolute atomic E-state index is 0.105. The third-order valence-corrected chi connectivity index (χ3v) is 5.46. The van der Waals surface area contributed by atoms with Crippen LogP contribution in [0.2, 0.25) is 0 Å². The Balaban J connectivity index is 1.77. The van der Waals surface area contributed by atoms with E-state index in [1.54, 1.807) is 19.2 Å². The monoisotopic (exact) mass is 407 g/mol. The maximum atomic E-state index is 12.1. The van der Waals surface area contributed by atoms with Crippen molar-refractivity contribution in [3.05, 3.63) is 47.0 Å². The predicted molar refractivity (Wildman–Crippen MR) is 105 cm³/mol. The lowest BCUT2D eigenvalue weighted by molar-refractivity contribution is -0.142. The van der Waals surface area contributed by atoms with Crippen molar-refractivity contribution in [2.24, 2.45) is 0 Å². The number of hydrogen-bond donors (Lipinski definition) is 2. The Hall–Kier alpha value is -2.39. The Morgan fingerprint density at radius 2 is 2.00 bits per heavy atom. The lowest BCUT2D eigenvalue weighted by Crippen LogP contribution is -2.42. The van der Waals surface area contributed by atoms with Crippen molar-refractivity contribution in [2.75, 3.05) is 6.61 Å². The Kier molecular flexibility index (Phi) is 8.28. The van der Waals surface area contributed by atoms with Crippen molar-refractivity contribution in [1.82, 2.24) is 15.6 Å². The second-order valence-corrected chi connectivity index (χ2v) is 7.95. The highest BCUT2D eigenvalue weighted by atomic mass is 32.2. The lowest BCUT2D eigenvalue weighted by Gasteiger charge is -2.10. The third-order valence-electron chi connectivity index (χ3n) is 3.34. The summed E-state index contributed by atoms with van der Waals surface area (Å²) < 4.78 is 5.54. The van der Waals surface area contributed by atoms with Crippen LogP contribution in [-0.4, -0.2) is 34.7 Å². The van der Waals surface area contributed by atoms with Crippen LogP contribution in [0.3, 0.4) is 0 Å². The zero-order valence-corrected chi connectivity index (χ0v) is 16.7. The highest BCUT2D eigenvalue weighted by Crippen LogP contribution is 2.27. The Labute approximate surface area is 165 Å². The molecule has 0 aliphatic carbocycles. The number of imide groups is 1. The van der Waals surface area contributed by atoms with Crippen molar-refractivity contribution in [1.29, 1.82) is 0 Å². The number of ether oxygens (including phenoxy) is 1. The molecule has 0 unspecified atom stereocenters. The first-order chi connectivity index (χ1) is 13.0. The van der Waals surface area contributed by atoms with E-state index in [2.05, 4.69) is 15.6 Å². The van der Waals surface area contributed by atoms with Crippen LogP contribution in [0.4, 0.5) is 4.79 Å². The number of aromatic nitrogens is 1. The maximum Gasteiger partial charge on any atom is 0.321 e. The second-order valence-electron chi connectivity index (χ2n) is 5.50. The fraction of sp³-hybridized carbons (Fsp3) is 0.333. The number of rotatable bonds is 8. The number of amides is 3. The van der Waals surface area contributed by atoms with Gasteiger partial charge in [0.1, 0.15) is 0 Å². The first-order valence-corrected chi connectivity index (χ1v) is 10.1. The van der Waals surface area contributed by atoms with Crippen LogP contribution in [0.1, 0.15) is 25.1 Å². The fourth-order valence-corrected chi connectivity index (χ4v) is 4.01. The van der Waals surface area contributed by atoms with Gasteiger partial charge in [-0.1, -0.05) is 42.1 Å². The van der Waals surface area contributed by atoms with Gasteiger partial charge in [-0.05, 0) is 19.4 Å². The minimum atomic E-state index is -0.543. The first-order valence-electron chi connectivity index (χ1n) is 8.37. The molecule has 144 valence electrons. The highest BCUT2D eigenvalue weighted by Gasteiger charge is 2.19. The highest BCUT2D eigenvalue weighted by molar-refractivity contribution is 8.02. The van der Waals surface area contributed by atoms with E-state index in [0.717, 1.165) is 5.56 Å². The van der Waals surface area contributed by atoms with E-state index in [1.807, 2.05) is 30.3 Å². The molecule has 0 aliphatic rings. The molecule has 0 radical (unpaired) electrons. The van der Waals surface area contributed by atoms with Gasteiger partial charge in [-0.15, -0.1) is 11.3 Å². The van der Waals surface area contributed by atoms with Gasteiger partial charge in [0.15, 0.2) is 4.34 Å². The van der Waals surface area contributed by atoms with Gasteiger partial charge in [-0.2, -0.15) is 0 Å². The summed E-state index contributed by atoms with van der Waals surface area (Å²) in [5.74, 6) is -0.743. The molecule has 2 N–H and O–H groups in total. The summed E-state index contributed by atoms with van der Waals surface area (Å²) in [6, 6.07) is 8.88. The number of nitrogens with one attached hydrogen (secondary N) is 2. The van der Waals surface area contributed by atoms with Crippen LogP contribution in [0.25, 0.3) is 0 Å². The molecule has 0 saturated heterocycles. The number of hydrogen-bond acceptors (Lipinski definition) is 7. The van der Waals surface area contributed by atoms with E-state index < -0.39 is 17.2 Å². The topological polar surface area (TPSA) is 97.4 Å². The molecule has 0 saturated carbocycles. The summed E-state index contributed by atoms with van der Waals surface area (Å²) in [5, 5.41) is 6.22. The average Bonchev–Trinajstić information content (AvgIpc) is 3.07. The molecule has 0 spiro atoms. The summed E-state index contributed by atoms with van der Waals surface area (Å²) in [6.45, 7) is 4.10. The van der Waals surface area contributed by atoms with Crippen LogP contribution in [0.5, 0.6) is 0 Å². The van der Waals surface area contributed by atoms with Gasteiger partial charge in [0.25, 0.3) is 0 Å². The van der Waals surface area contributed by atoms with Crippen LogP contribution in [0.15, 0.2) is 40.1 Å². The first kappa shape index (κ1) is 20.9. The molecule has 1 aromatic carbocycles. The van der Waals surface area contributed by atoms with Crippen LogP contribution in [-0.2, 0) is 27.3 Å². The van der Waals surface area contributed by atoms with Gasteiger partial charge in [0.2, 0.25) is 5.91 Å². The van der Waals surface area contributed by atoms with Crippen molar-refractivity contribution in [3.63, 3.8) is 0 Å². The van der Waals surface area contributed by atoms with E-state index in [4.69, 9.17) is 4.74 Å². The molecule has 0 aliphatic heterocycles. The molecule has 27 heavy (non-hydrogen) atoms. The Morgan fingerprint density at radius 3 is 2.70 bits per heavy atom. The fourth-order valence-electron chi connectivity index (χ4n) is 2.02. The molecule has 2 aromatic rings. The predicted octanol–water partition coefficient (Wildman–Crippen LogP) is 2.76. The number of thiazole rings is 1. The standard InChI is InChI=1S/C18H21N3O4S2/c1-3-25-15(22)9-14-11-26-18(20-14)27-12(2)16(23)21-17(24)19-10-13-7-5-4-6-8-13/h4-8,11-12H,3,9-10H2,1-2H3,(H2,19,21,23,24)/t12-/m1/s1. The third kappa shape index (κ3) is 7.40. The summed E-state index contributed by atoms with van der Waals surface area (Å²) in [4.78, 5) is 39.8. The number of esters is 1. The maximum absolute atomic E-state index is 12.1. The van der Waals surface area contributed by atoms with E-state index in [0.29, 0.717) is 23.2 Å². The number of nitrogens with zero attached hydrogens (tertiary/aromatic N) is 1. The zero-order chi connectivity index (χ0) is 19.6. The molecule has 1 heterocycles. The van der Waals surface area contributed by atoms with Gasteiger partial charge >= 0.3 is 12.0 Å². The van der Waals surface area contributed by atoms with E-state index >= 15 is 0 Å². The Bertz CT molecular complexity index is 780. The number of urea groups is 1. The smallest absolute Gasteiger partial charge is 0.321 e. The number of carbonyl (C=O) groups is 3. The molecule has 0 bridgehead atoms. The summed E-state index contributed by atoms with van der Waals surface area (Å²) in [6.07, 6.45) is 0.105. The molecule has 1 atom stereocenters. The van der Waals surface area contributed by atoms with Gasteiger partial charge in [0.05, 0.1) is 24.0 Å². The van der Waals surface area contributed by atoms with Crippen molar-refractivity contribution in [2.45, 2.75) is 36.4 Å². The van der Waals surface area contributed by atoms with E-state index in [9.17, 15) is 14.4 Å². The molecule has 3 amide bonds. The molecular weight excluding hydrogens is 386 g/mol. The quantitative estimate of drug-likeness (QED) is 0.516. The van der Waals surface area contributed by atoms with Crippen molar-refractivity contribution < 1.29 is 19.1 Å².